The third kappa shape index (κ3) is 7.25. The topological polar surface area (TPSA) is 49.9 Å². The van der Waals surface area contributed by atoms with Gasteiger partial charge in [0.15, 0.2) is 0 Å². The van der Waals surface area contributed by atoms with Crippen molar-refractivity contribution in [2.45, 2.75) is 39.2 Å². The van der Waals surface area contributed by atoms with E-state index in [9.17, 15) is 9.59 Å². The van der Waals surface area contributed by atoms with E-state index in [4.69, 9.17) is 16.3 Å². The lowest BCUT2D eigenvalue weighted by molar-refractivity contribution is -0.127. The molecule has 0 saturated carbocycles. The zero-order chi connectivity index (χ0) is 20.0. The summed E-state index contributed by atoms with van der Waals surface area (Å²) in [5, 5.41) is 0.678. The third-order valence-electron chi connectivity index (χ3n) is 4.45. The van der Waals surface area contributed by atoms with Gasteiger partial charge in [0.25, 0.3) is 0 Å². The quantitative estimate of drug-likeness (QED) is 0.711. The Labute approximate surface area is 166 Å². The molecular weight excluding hydrogens is 364 g/mol. The molecule has 27 heavy (non-hydrogen) atoms. The second kappa shape index (κ2) is 9.27. The first kappa shape index (κ1) is 21.3. The van der Waals surface area contributed by atoms with Gasteiger partial charge in [0, 0.05) is 37.8 Å². The summed E-state index contributed by atoms with van der Waals surface area (Å²) < 4.78 is 5.39. The number of likely N-dealkylation sites (tertiary alicyclic amines) is 1. The predicted molar refractivity (Wildman–Crippen MR) is 109 cm³/mol. The maximum Gasteiger partial charge on any atom is 0.410 e. The number of carbonyl (C=O) groups excluding carboxylic acids is 2. The molecule has 6 heteroatoms. The molecule has 1 heterocycles. The van der Waals surface area contributed by atoms with Gasteiger partial charge < -0.3 is 14.5 Å². The van der Waals surface area contributed by atoms with Gasteiger partial charge in [-0.25, -0.2) is 4.79 Å². The van der Waals surface area contributed by atoms with Crippen LogP contribution in [0.4, 0.5) is 4.79 Å². The number of ether oxygens (including phenoxy) is 1. The normalized spacial score (nSPS) is 15.8. The molecule has 0 radical (unpaired) electrons. The summed E-state index contributed by atoms with van der Waals surface area (Å²) in [4.78, 5) is 27.9. The molecule has 0 aliphatic carbocycles. The number of carbonyl (C=O) groups is 2. The fourth-order valence-corrected chi connectivity index (χ4v) is 3.11. The lowest BCUT2D eigenvalue weighted by atomic mass is 9.96. The molecule has 0 spiro atoms. The number of hydrogen-bond acceptors (Lipinski definition) is 3. The largest absolute Gasteiger partial charge is 0.444 e. The van der Waals surface area contributed by atoms with E-state index >= 15 is 0 Å². The van der Waals surface area contributed by atoms with Crippen LogP contribution in [0.5, 0.6) is 0 Å². The van der Waals surface area contributed by atoms with E-state index in [1.807, 2.05) is 37.8 Å². The fourth-order valence-electron chi connectivity index (χ4n) is 2.98. The highest BCUT2D eigenvalue weighted by Crippen LogP contribution is 2.20. The standard InChI is InChI=1S/C21H29ClN2O3/c1-21(2,3)27-20(26)23(4)15-17-11-13-24(14-12-17)19(25)10-7-16-5-8-18(22)9-6-16/h5-10,17H,11-15H2,1-4H3/b10-7+. The van der Waals surface area contributed by atoms with Crippen molar-refractivity contribution >= 4 is 29.7 Å². The molecule has 1 saturated heterocycles. The Balaban J connectivity index is 1.78. The van der Waals surface area contributed by atoms with E-state index in [-0.39, 0.29) is 12.0 Å². The Hall–Kier alpha value is -2.01. The minimum Gasteiger partial charge on any atom is -0.444 e. The zero-order valence-corrected chi connectivity index (χ0v) is 17.3. The molecule has 2 rings (SSSR count). The molecule has 0 unspecified atom stereocenters. The molecule has 0 bridgehead atoms. The lowest BCUT2D eigenvalue weighted by Crippen LogP contribution is -2.42. The van der Waals surface area contributed by atoms with Crippen molar-refractivity contribution in [3.63, 3.8) is 0 Å². The number of hydrogen-bond donors (Lipinski definition) is 0. The van der Waals surface area contributed by atoms with Crippen molar-refractivity contribution in [1.29, 1.82) is 0 Å². The first-order valence-electron chi connectivity index (χ1n) is 9.31. The predicted octanol–water partition coefficient (Wildman–Crippen LogP) is 4.46. The number of rotatable bonds is 4. The summed E-state index contributed by atoms with van der Waals surface area (Å²) in [6.45, 7) is 7.64. The highest BCUT2D eigenvalue weighted by atomic mass is 35.5. The van der Waals surface area contributed by atoms with Crippen LogP contribution in [0.25, 0.3) is 6.08 Å². The second-order valence-corrected chi connectivity index (χ2v) is 8.45. The van der Waals surface area contributed by atoms with Crippen LogP contribution in [0.3, 0.4) is 0 Å². The monoisotopic (exact) mass is 392 g/mol. The van der Waals surface area contributed by atoms with Crippen LogP contribution >= 0.6 is 11.6 Å². The van der Waals surface area contributed by atoms with E-state index in [0.717, 1.165) is 18.4 Å². The molecule has 0 aromatic heterocycles. The van der Waals surface area contributed by atoms with Crippen LogP contribution < -0.4 is 0 Å². The van der Waals surface area contributed by atoms with Gasteiger partial charge in [-0.15, -0.1) is 0 Å². The van der Waals surface area contributed by atoms with Crippen LogP contribution in [0.1, 0.15) is 39.2 Å². The van der Waals surface area contributed by atoms with Crippen LogP contribution in [0.2, 0.25) is 5.02 Å². The van der Waals surface area contributed by atoms with Gasteiger partial charge >= 0.3 is 6.09 Å². The lowest BCUT2D eigenvalue weighted by Gasteiger charge is -2.34. The number of piperidine rings is 1. The Bertz CT molecular complexity index is 672. The third-order valence-corrected chi connectivity index (χ3v) is 4.70. The van der Waals surface area contributed by atoms with E-state index in [0.29, 0.717) is 30.6 Å². The van der Waals surface area contributed by atoms with E-state index in [2.05, 4.69) is 0 Å². The maximum absolute atomic E-state index is 12.4. The molecule has 2 amide bonds. The van der Waals surface area contributed by atoms with Crippen LogP contribution in [-0.4, -0.2) is 54.1 Å². The van der Waals surface area contributed by atoms with Gasteiger partial charge in [-0.2, -0.15) is 0 Å². The van der Waals surface area contributed by atoms with Crippen LogP contribution in [0, 0.1) is 5.92 Å². The first-order chi connectivity index (χ1) is 12.6. The fraction of sp³-hybridized carbons (Fsp3) is 0.524. The molecule has 1 aliphatic heterocycles. The molecular formula is C21H29ClN2O3. The van der Waals surface area contributed by atoms with Crippen molar-refractivity contribution in [3.05, 3.63) is 40.9 Å². The summed E-state index contributed by atoms with van der Waals surface area (Å²) in [6, 6.07) is 7.37. The highest BCUT2D eigenvalue weighted by Gasteiger charge is 2.25. The minimum atomic E-state index is -0.489. The average Bonchev–Trinajstić information content (AvgIpc) is 2.60. The first-order valence-corrected chi connectivity index (χ1v) is 9.68. The van der Waals surface area contributed by atoms with Crippen molar-refractivity contribution in [2.24, 2.45) is 5.92 Å². The molecule has 1 aliphatic rings. The summed E-state index contributed by atoms with van der Waals surface area (Å²) in [5.41, 5.74) is 0.457. The Morgan fingerprint density at radius 3 is 2.37 bits per heavy atom. The molecule has 1 aromatic carbocycles. The summed E-state index contributed by atoms with van der Waals surface area (Å²) in [6.07, 6.45) is 4.88. The van der Waals surface area contributed by atoms with E-state index in [1.54, 1.807) is 36.2 Å². The van der Waals surface area contributed by atoms with E-state index in [1.165, 1.54) is 0 Å². The molecule has 1 aromatic rings. The van der Waals surface area contributed by atoms with Crippen LogP contribution in [0.15, 0.2) is 30.3 Å². The molecule has 5 nitrogen and oxygen atoms in total. The molecule has 0 atom stereocenters. The van der Waals surface area contributed by atoms with E-state index < -0.39 is 5.60 Å². The average molecular weight is 393 g/mol. The Morgan fingerprint density at radius 2 is 1.81 bits per heavy atom. The molecule has 148 valence electrons. The van der Waals surface area contributed by atoms with Gasteiger partial charge in [-0.3, -0.25) is 4.79 Å². The molecule has 0 N–H and O–H groups in total. The minimum absolute atomic E-state index is 0.0175. The number of halogens is 1. The van der Waals surface area contributed by atoms with Crippen LogP contribution in [-0.2, 0) is 9.53 Å². The maximum atomic E-state index is 12.4. The zero-order valence-electron chi connectivity index (χ0n) is 16.6. The van der Waals surface area contributed by atoms with Crippen molar-refractivity contribution < 1.29 is 14.3 Å². The van der Waals surface area contributed by atoms with Crippen molar-refractivity contribution in [3.8, 4) is 0 Å². The number of amides is 2. The van der Waals surface area contributed by atoms with Gasteiger partial charge in [0.05, 0.1) is 0 Å². The number of nitrogens with zero attached hydrogens (tertiary/aromatic N) is 2. The molecule has 1 fully saturated rings. The smallest absolute Gasteiger partial charge is 0.410 e. The summed E-state index contributed by atoms with van der Waals surface area (Å²) in [7, 11) is 1.76. The van der Waals surface area contributed by atoms with Gasteiger partial charge in [-0.1, -0.05) is 23.7 Å². The highest BCUT2D eigenvalue weighted by molar-refractivity contribution is 6.30. The van der Waals surface area contributed by atoms with Gasteiger partial charge in [0.2, 0.25) is 5.91 Å². The number of benzene rings is 1. The van der Waals surface area contributed by atoms with Gasteiger partial charge in [0.1, 0.15) is 5.60 Å². The van der Waals surface area contributed by atoms with Crippen molar-refractivity contribution in [1.82, 2.24) is 9.80 Å². The van der Waals surface area contributed by atoms with Crippen molar-refractivity contribution in [2.75, 3.05) is 26.7 Å². The summed E-state index contributed by atoms with van der Waals surface area (Å²) in [5.74, 6) is 0.399. The summed E-state index contributed by atoms with van der Waals surface area (Å²) >= 11 is 5.87. The van der Waals surface area contributed by atoms with Gasteiger partial charge in [-0.05, 0) is 63.3 Å². The second-order valence-electron chi connectivity index (χ2n) is 8.01. The Morgan fingerprint density at radius 1 is 1.22 bits per heavy atom. The SMILES string of the molecule is CN(CC1CCN(C(=O)/C=C/c2ccc(Cl)cc2)CC1)C(=O)OC(C)(C)C. The Kier molecular flexibility index (Phi) is 7.31.